The number of hydrogen-bond acceptors (Lipinski definition) is 3. The van der Waals surface area contributed by atoms with Crippen molar-refractivity contribution in [2.75, 3.05) is 13.6 Å². The fourth-order valence-corrected chi connectivity index (χ4v) is 1.78. The molecule has 0 aliphatic heterocycles. The van der Waals surface area contributed by atoms with Crippen LogP contribution < -0.4 is 5.73 Å². The van der Waals surface area contributed by atoms with Gasteiger partial charge in [0.15, 0.2) is 0 Å². The second-order valence-corrected chi connectivity index (χ2v) is 4.73. The van der Waals surface area contributed by atoms with Gasteiger partial charge in [-0.2, -0.15) is 0 Å². The van der Waals surface area contributed by atoms with Gasteiger partial charge < -0.3 is 15.7 Å². The SMILES string of the molecule is CC1CC1CN(C)C(=O)C(N)CCC(=O)O. The molecule has 3 N–H and O–H groups in total. The summed E-state index contributed by atoms with van der Waals surface area (Å²) in [5, 5.41) is 8.49. The summed E-state index contributed by atoms with van der Waals surface area (Å²) in [6.07, 6.45) is 1.32. The van der Waals surface area contributed by atoms with Crippen molar-refractivity contribution >= 4 is 11.9 Å². The van der Waals surface area contributed by atoms with E-state index in [1.165, 1.54) is 6.42 Å². The van der Waals surface area contributed by atoms with E-state index in [0.29, 0.717) is 11.8 Å². The topological polar surface area (TPSA) is 83.6 Å². The molecule has 5 nitrogen and oxygen atoms in total. The normalized spacial score (nSPS) is 24.9. The van der Waals surface area contributed by atoms with Crippen LogP contribution in [0.2, 0.25) is 0 Å². The van der Waals surface area contributed by atoms with E-state index < -0.39 is 12.0 Å². The molecule has 0 aromatic rings. The van der Waals surface area contributed by atoms with E-state index >= 15 is 0 Å². The van der Waals surface area contributed by atoms with Crippen molar-refractivity contribution in [1.82, 2.24) is 4.90 Å². The van der Waals surface area contributed by atoms with Gasteiger partial charge in [0.25, 0.3) is 0 Å². The van der Waals surface area contributed by atoms with Crippen LogP contribution in [0.3, 0.4) is 0 Å². The van der Waals surface area contributed by atoms with Crippen LogP contribution in [0.25, 0.3) is 0 Å². The number of carboxylic acid groups (broad SMARTS) is 1. The highest BCUT2D eigenvalue weighted by Gasteiger charge is 2.34. The Kier molecular flexibility index (Phi) is 4.29. The number of aliphatic carboxylic acids is 1. The molecule has 16 heavy (non-hydrogen) atoms. The number of hydrogen-bond donors (Lipinski definition) is 2. The fraction of sp³-hybridized carbons (Fsp3) is 0.818. The van der Waals surface area contributed by atoms with E-state index in [9.17, 15) is 9.59 Å². The molecule has 0 aromatic heterocycles. The van der Waals surface area contributed by atoms with Crippen molar-refractivity contribution in [3.63, 3.8) is 0 Å². The van der Waals surface area contributed by atoms with Crippen LogP contribution in [0.1, 0.15) is 26.2 Å². The van der Waals surface area contributed by atoms with E-state index in [0.717, 1.165) is 6.54 Å². The highest BCUT2D eigenvalue weighted by Crippen LogP contribution is 2.37. The van der Waals surface area contributed by atoms with Gasteiger partial charge in [0.05, 0.1) is 6.04 Å². The molecule has 1 rings (SSSR count). The lowest BCUT2D eigenvalue weighted by Gasteiger charge is -2.20. The molecule has 1 amide bonds. The van der Waals surface area contributed by atoms with Gasteiger partial charge in [-0.05, 0) is 24.7 Å². The molecule has 5 heteroatoms. The first-order chi connectivity index (χ1) is 7.41. The van der Waals surface area contributed by atoms with Crippen LogP contribution in [0.15, 0.2) is 0 Å². The predicted molar refractivity (Wildman–Crippen MR) is 59.8 cm³/mol. The van der Waals surface area contributed by atoms with Crippen LogP contribution in [-0.4, -0.2) is 41.5 Å². The maximum absolute atomic E-state index is 11.7. The lowest BCUT2D eigenvalue weighted by molar-refractivity contribution is -0.137. The third-order valence-corrected chi connectivity index (χ3v) is 3.15. The third kappa shape index (κ3) is 3.81. The van der Waals surface area contributed by atoms with E-state index in [1.54, 1.807) is 11.9 Å². The highest BCUT2D eigenvalue weighted by molar-refractivity contribution is 5.82. The maximum atomic E-state index is 11.7. The van der Waals surface area contributed by atoms with E-state index in [1.807, 2.05) is 0 Å². The van der Waals surface area contributed by atoms with Crippen LogP contribution in [-0.2, 0) is 9.59 Å². The largest absolute Gasteiger partial charge is 0.481 e. The van der Waals surface area contributed by atoms with Crippen molar-refractivity contribution in [2.45, 2.75) is 32.2 Å². The Balaban J connectivity index is 2.28. The van der Waals surface area contributed by atoms with E-state index in [4.69, 9.17) is 10.8 Å². The van der Waals surface area contributed by atoms with E-state index in [2.05, 4.69) is 6.92 Å². The summed E-state index contributed by atoms with van der Waals surface area (Å²) in [5.74, 6) is 0.230. The zero-order chi connectivity index (χ0) is 12.3. The summed E-state index contributed by atoms with van der Waals surface area (Å²) in [5.41, 5.74) is 5.64. The van der Waals surface area contributed by atoms with Gasteiger partial charge in [-0.3, -0.25) is 9.59 Å². The first kappa shape index (κ1) is 13.0. The number of carbonyl (C=O) groups is 2. The van der Waals surface area contributed by atoms with Gasteiger partial charge in [0, 0.05) is 20.0 Å². The van der Waals surface area contributed by atoms with Crippen molar-refractivity contribution in [3.05, 3.63) is 0 Å². The van der Waals surface area contributed by atoms with Crippen molar-refractivity contribution in [2.24, 2.45) is 17.6 Å². The van der Waals surface area contributed by atoms with Crippen molar-refractivity contribution in [1.29, 1.82) is 0 Å². The molecule has 3 atom stereocenters. The van der Waals surface area contributed by atoms with Gasteiger partial charge in [-0.1, -0.05) is 6.92 Å². The number of nitrogens with two attached hydrogens (primary N) is 1. The average molecular weight is 228 g/mol. The van der Waals surface area contributed by atoms with Crippen molar-refractivity contribution < 1.29 is 14.7 Å². The zero-order valence-electron chi connectivity index (χ0n) is 9.85. The average Bonchev–Trinajstić information content (AvgIpc) is 2.89. The Labute approximate surface area is 95.6 Å². The molecular formula is C11H20N2O3. The Morgan fingerprint density at radius 3 is 2.56 bits per heavy atom. The second-order valence-electron chi connectivity index (χ2n) is 4.73. The molecule has 0 radical (unpaired) electrons. The summed E-state index contributed by atoms with van der Waals surface area (Å²) < 4.78 is 0. The summed E-state index contributed by atoms with van der Waals surface area (Å²) >= 11 is 0. The number of likely N-dealkylation sites (N-methyl/N-ethyl adjacent to an activating group) is 1. The smallest absolute Gasteiger partial charge is 0.303 e. The predicted octanol–water partition coefficient (Wildman–Crippen LogP) is 0.293. The van der Waals surface area contributed by atoms with Crippen molar-refractivity contribution in [3.8, 4) is 0 Å². The molecule has 0 saturated heterocycles. The van der Waals surface area contributed by atoms with Crippen LogP contribution in [0.4, 0.5) is 0 Å². The van der Waals surface area contributed by atoms with Crippen LogP contribution >= 0.6 is 0 Å². The molecule has 0 spiro atoms. The minimum absolute atomic E-state index is 0.0550. The summed E-state index contributed by atoms with van der Waals surface area (Å²) in [6.45, 7) is 2.90. The maximum Gasteiger partial charge on any atom is 0.303 e. The third-order valence-electron chi connectivity index (χ3n) is 3.15. The highest BCUT2D eigenvalue weighted by atomic mass is 16.4. The molecule has 1 saturated carbocycles. The number of rotatable bonds is 6. The number of carbonyl (C=O) groups excluding carboxylic acids is 1. The lowest BCUT2D eigenvalue weighted by atomic mass is 10.1. The van der Waals surface area contributed by atoms with Gasteiger partial charge in [-0.25, -0.2) is 0 Å². The number of nitrogens with zero attached hydrogens (tertiary/aromatic N) is 1. The monoisotopic (exact) mass is 228 g/mol. The molecule has 3 unspecified atom stereocenters. The quantitative estimate of drug-likeness (QED) is 0.684. The summed E-state index contributed by atoms with van der Waals surface area (Å²) in [7, 11) is 1.73. The molecule has 0 heterocycles. The number of carboxylic acids is 1. The fourth-order valence-electron chi connectivity index (χ4n) is 1.78. The van der Waals surface area contributed by atoms with Crippen LogP contribution in [0, 0.1) is 11.8 Å². The summed E-state index contributed by atoms with van der Waals surface area (Å²) in [6, 6.07) is -0.685. The Morgan fingerprint density at radius 2 is 2.12 bits per heavy atom. The molecular weight excluding hydrogens is 208 g/mol. The lowest BCUT2D eigenvalue weighted by Crippen LogP contribution is -2.42. The minimum atomic E-state index is -0.915. The van der Waals surface area contributed by atoms with Crippen LogP contribution in [0.5, 0.6) is 0 Å². The molecule has 92 valence electrons. The molecule has 0 aromatic carbocycles. The first-order valence-electron chi connectivity index (χ1n) is 5.64. The standard InChI is InChI=1S/C11H20N2O3/c1-7-5-8(7)6-13(2)11(16)9(12)3-4-10(14)15/h7-9H,3-6,12H2,1-2H3,(H,14,15). The van der Waals surface area contributed by atoms with E-state index in [-0.39, 0.29) is 18.7 Å². The molecule has 1 aliphatic rings. The van der Waals surface area contributed by atoms with Gasteiger partial charge in [-0.15, -0.1) is 0 Å². The number of amides is 1. The molecule has 1 fully saturated rings. The molecule has 1 aliphatic carbocycles. The van der Waals surface area contributed by atoms with Gasteiger partial charge in [0.2, 0.25) is 5.91 Å². The summed E-state index contributed by atoms with van der Waals surface area (Å²) in [4.78, 5) is 23.7. The Bertz CT molecular complexity index is 280. The minimum Gasteiger partial charge on any atom is -0.481 e. The zero-order valence-corrected chi connectivity index (χ0v) is 9.85. The Morgan fingerprint density at radius 1 is 1.56 bits per heavy atom. The second kappa shape index (κ2) is 5.30. The molecule has 0 bridgehead atoms. The van der Waals surface area contributed by atoms with Gasteiger partial charge >= 0.3 is 5.97 Å². The Hall–Kier alpha value is -1.10. The van der Waals surface area contributed by atoms with Gasteiger partial charge in [0.1, 0.15) is 0 Å². The first-order valence-corrected chi connectivity index (χ1v) is 5.64.